The van der Waals surface area contributed by atoms with Crippen molar-refractivity contribution in [3.05, 3.63) is 65.2 Å². The van der Waals surface area contributed by atoms with Crippen LogP contribution in [-0.2, 0) is 9.59 Å². The van der Waals surface area contributed by atoms with Crippen LogP contribution in [0.25, 0.3) is 0 Å². The van der Waals surface area contributed by atoms with Gasteiger partial charge in [-0.05, 0) is 38.5 Å². The van der Waals surface area contributed by atoms with Crippen LogP contribution in [-0.4, -0.2) is 35.3 Å². The average molecular weight is 403 g/mol. The second kappa shape index (κ2) is 8.93. The van der Waals surface area contributed by atoms with E-state index < -0.39 is 11.4 Å². The molecular weight excluding hydrogens is 378 g/mol. The number of hydrogen-bond acceptors (Lipinski definition) is 4. The highest BCUT2D eigenvalue weighted by molar-refractivity contribution is 6.20. The van der Waals surface area contributed by atoms with Gasteiger partial charge in [0.05, 0.1) is 11.4 Å². The minimum atomic E-state index is -0.891. The maximum atomic E-state index is 13.0. The van der Waals surface area contributed by atoms with Crippen molar-refractivity contribution in [2.45, 2.75) is 38.6 Å². The van der Waals surface area contributed by atoms with Crippen LogP contribution in [0.3, 0.4) is 0 Å². The highest BCUT2D eigenvalue weighted by atomic mass is 16.5. The fraction of sp³-hybridized carbons (Fsp3) is 0.292. The van der Waals surface area contributed by atoms with Crippen LogP contribution in [0.15, 0.2) is 53.5 Å². The molecule has 2 amide bonds. The van der Waals surface area contributed by atoms with Crippen molar-refractivity contribution in [1.82, 2.24) is 5.48 Å². The summed E-state index contributed by atoms with van der Waals surface area (Å²) >= 11 is 0. The van der Waals surface area contributed by atoms with E-state index in [0.29, 0.717) is 12.8 Å². The lowest BCUT2D eigenvalue weighted by atomic mass is 9.98. The smallest absolute Gasteiger partial charge is 0.254 e. The fourth-order valence-corrected chi connectivity index (χ4v) is 3.38. The van der Waals surface area contributed by atoms with Crippen molar-refractivity contribution >= 4 is 23.2 Å². The Morgan fingerprint density at radius 1 is 1.20 bits per heavy atom. The highest BCUT2D eigenvalue weighted by Gasteiger charge is 2.35. The van der Waals surface area contributed by atoms with Crippen LogP contribution in [0.2, 0.25) is 0 Å². The van der Waals surface area contributed by atoms with Crippen LogP contribution >= 0.6 is 0 Å². The molecule has 0 aromatic heterocycles. The quantitative estimate of drug-likeness (QED) is 0.356. The monoisotopic (exact) mass is 403 g/mol. The molecule has 3 rings (SSSR count). The molecule has 154 valence electrons. The van der Waals surface area contributed by atoms with E-state index >= 15 is 0 Å². The van der Waals surface area contributed by atoms with Gasteiger partial charge in [0.25, 0.3) is 5.91 Å². The van der Waals surface area contributed by atoms with Crippen LogP contribution < -0.4 is 10.4 Å². The summed E-state index contributed by atoms with van der Waals surface area (Å²) in [4.78, 5) is 30.5. The third kappa shape index (κ3) is 4.58. The molecule has 0 fully saturated rings. The lowest BCUT2D eigenvalue weighted by molar-refractivity contribution is -0.129. The summed E-state index contributed by atoms with van der Waals surface area (Å²) in [5.74, 6) is 5.70. The van der Waals surface area contributed by atoms with Gasteiger partial charge in [-0.15, -0.1) is 0 Å². The first kappa shape index (κ1) is 21.3. The van der Waals surface area contributed by atoms with E-state index in [-0.39, 0.29) is 12.3 Å². The number of aliphatic imine (C=N–C) groups is 1. The standard InChI is InChI=1S/C24H25N3O3/c1-24(2)23(29)27(3)20-15-14-17(10-6-4-9-13-21(28)26-30)16-19(20)22(25-24)18-11-7-5-8-12-18/h5,7-8,11-12,14-16,30H,4,9,13H2,1-3H3,(H,26,28). The molecule has 0 atom stereocenters. The summed E-state index contributed by atoms with van der Waals surface area (Å²) < 4.78 is 0. The first-order chi connectivity index (χ1) is 14.3. The first-order valence-corrected chi connectivity index (χ1v) is 9.83. The molecule has 0 radical (unpaired) electrons. The maximum absolute atomic E-state index is 13.0. The topological polar surface area (TPSA) is 82.0 Å². The number of anilines is 1. The number of carbonyl (C=O) groups is 2. The Balaban J connectivity index is 1.99. The van der Waals surface area contributed by atoms with Crippen LogP contribution in [0, 0.1) is 11.8 Å². The van der Waals surface area contributed by atoms with Crippen molar-refractivity contribution < 1.29 is 14.8 Å². The number of rotatable bonds is 4. The Morgan fingerprint density at radius 3 is 2.63 bits per heavy atom. The minimum absolute atomic E-state index is 0.0734. The molecule has 1 aliphatic heterocycles. The summed E-state index contributed by atoms with van der Waals surface area (Å²) in [5, 5.41) is 8.53. The molecule has 0 saturated carbocycles. The molecule has 6 nitrogen and oxygen atoms in total. The van der Waals surface area contributed by atoms with Gasteiger partial charge in [0, 0.05) is 36.6 Å². The minimum Gasteiger partial charge on any atom is -0.313 e. The number of benzene rings is 2. The zero-order valence-corrected chi connectivity index (χ0v) is 17.4. The summed E-state index contributed by atoms with van der Waals surface area (Å²) in [5.41, 5.74) is 4.88. The number of unbranched alkanes of at least 4 members (excludes halogenated alkanes) is 1. The number of fused-ring (bicyclic) bond motifs is 1. The van der Waals surface area contributed by atoms with Crippen molar-refractivity contribution in [2.24, 2.45) is 4.99 Å². The number of hydrogen-bond donors (Lipinski definition) is 2. The van der Waals surface area contributed by atoms with E-state index in [4.69, 9.17) is 10.2 Å². The number of hydroxylamine groups is 1. The van der Waals surface area contributed by atoms with Gasteiger partial charge in [0.15, 0.2) is 0 Å². The molecule has 2 aromatic carbocycles. The van der Waals surface area contributed by atoms with Crippen molar-refractivity contribution in [3.8, 4) is 11.8 Å². The fourth-order valence-electron chi connectivity index (χ4n) is 3.38. The Labute approximate surface area is 176 Å². The molecule has 6 heteroatoms. The SMILES string of the molecule is CN1C(=O)C(C)(C)N=C(c2ccccc2)c2cc(C#CCCCC(=O)NO)ccc21. The van der Waals surface area contributed by atoms with Crippen LogP contribution in [0.4, 0.5) is 5.69 Å². The molecule has 0 unspecified atom stereocenters. The summed E-state index contributed by atoms with van der Waals surface area (Å²) in [7, 11) is 1.77. The predicted octanol–water partition coefficient (Wildman–Crippen LogP) is 3.31. The molecular formula is C24H25N3O3. The number of nitrogens with zero attached hydrogens (tertiary/aromatic N) is 2. The van der Waals surface area contributed by atoms with Crippen LogP contribution in [0.1, 0.15) is 49.8 Å². The maximum Gasteiger partial charge on any atom is 0.254 e. The molecule has 30 heavy (non-hydrogen) atoms. The molecule has 2 N–H and O–H groups in total. The Hall–Kier alpha value is -3.43. The predicted molar refractivity (Wildman–Crippen MR) is 117 cm³/mol. The van der Waals surface area contributed by atoms with E-state index in [2.05, 4.69) is 11.8 Å². The summed E-state index contributed by atoms with van der Waals surface area (Å²) in [6, 6.07) is 15.6. The van der Waals surface area contributed by atoms with Gasteiger partial charge in [-0.25, -0.2) is 5.48 Å². The Bertz CT molecular complexity index is 1050. The molecule has 1 aliphatic rings. The number of benzodiazepines with no additional fused rings is 1. The number of carbonyl (C=O) groups excluding carboxylic acids is 2. The van der Waals surface area contributed by atoms with Crippen molar-refractivity contribution in [3.63, 3.8) is 0 Å². The second-order valence-electron chi connectivity index (χ2n) is 7.67. The molecule has 1 heterocycles. The zero-order chi connectivity index (χ0) is 21.7. The second-order valence-corrected chi connectivity index (χ2v) is 7.67. The first-order valence-electron chi connectivity index (χ1n) is 9.83. The molecule has 0 aliphatic carbocycles. The lowest BCUT2D eigenvalue weighted by Crippen LogP contribution is -2.41. The molecule has 0 spiro atoms. The van der Waals surface area contributed by atoms with Gasteiger partial charge in [-0.1, -0.05) is 42.2 Å². The molecule has 2 aromatic rings. The number of likely N-dealkylation sites (N-methyl/N-ethyl adjacent to an activating group) is 1. The van der Waals surface area contributed by atoms with Crippen LogP contribution in [0.5, 0.6) is 0 Å². The third-order valence-electron chi connectivity index (χ3n) is 4.94. The van der Waals surface area contributed by atoms with Gasteiger partial charge in [-0.3, -0.25) is 19.8 Å². The van der Waals surface area contributed by atoms with Gasteiger partial charge in [-0.2, -0.15) is 0 Å². The van der Waals surface area contributed by atoms with E-state index in [1.54, 1.807) is 17.4 Å². The third-order valence-corrected chi connectivity index (χ3v) is 4.94. The molecule has 0 saturated heterocycles. The van der Waals surface area contributed by atoms with E-state index in [1.807, 2.05) is 62.4 Å². The molecule has 0 bridgehead atoms. The largest absolute Gasteiger partial charge is 0.313 e. The van der Waals surface area contributed by atoms with Gasteiger partial charge in [0.2, 0.25) is 5.91 Å². The normalized spacial score (nSPS) is 14.7. The number of amides is 2. The summed E-state index contributed by atoms with van der Waals surface area (Å²) in [6.07, 6.45) is 1.32. The Kier molecular flexibility index (Phi) is 6.34. The highest BCUT2D eigenvalue weighted by Crippen LogP contribution is 2.31. The summed E-state index contributed by atoms with van der Waals surface area (Å²) in [6.45, 7) is 3.65. The van der Waals surface area contributed by atoms with E-state index in [1.165, 1.54) is 0 Å². The van der Waals surface area contributed by atoms with Crippen molar-refractivity contribution in [2.75, 3.05) is 11.9 Å². The van der Waals surface area contributed by atoms with Crippen molar-refractivity contribution in [1.29, 1.82) is 0 Å². The van der Waals surface area contributed by atoms with Gasteiger partial charge in [0.1, 0.15) is 5.54 Å². The van der Waals surface area contributed by atoms with Gasteiger partial charge >= 0.3 is 0 Å². The average Bonchev–Trinajstić information content (AvgIpc) is 2.83. The van der Waals surface area contributed by atoms with E-state index in [0.717, 1.165) is 28.1 Å². The zero-order valence-electron chi connectivity index (χ0n) is 17.4. The van der Waals surface area contributed by atoms with E-state index in [9.17, 15) is 9.59 Å². The lowest BCUT2D eigenvalue weighted by Gasteiger charge is -2.24. The number of nitrogens with one attached hydrogen (secondary N) is 1. The van der Waals surface area contributed by atoms with Gasteiger partial charge < -0.3 is 4.90 Å². The Morgan fingerprint density at radius 2 is 1.93 bits per heavy atom.